The Balaban J connectivity index is 2.75. The van der Waals surface area contributed by atoms with Crippen LogP contribution in [0, 0.1) is 11.6 Å². The summed E-state index contributed by atoms with van der Waals surface area (Å²) in [6.45, 7) is 0.129. The molecule has 0 saturated carbocycles. The van der Waals surface area contributed by atoms with Gasteiger partial charge in [-0.3, -0.25) is 0 Å². The van der Waals surface area contributed by atoms with Crippen LogP contribution in [0.25, 0.3) is 0 Å². The Kier molecular flexibility index (Phi) is 3.29. The minimum atomic E-state index is -0.494. The molecule has 1 aromatic carbocycles. The zero-order valence-electron chi connectivity index (χ0n) is 6.76. The van der Waals surface area contributed by atoms with Gasteiger partial charge >= 0.3 is 0 Å². The van der Waals surface area contributed by atoms with E-state index < -0.39 is 11.6 Å². The van der Waals surface area contributed by atoms with Gasteiger partial charge in [0.15, 0.2) is 0 Å². The number of nitrogens with zero attached hydrogens (tertiary/aromatic N) is 1. The highest BCUT2D eigenvalue weighted by molar-refractivity contribution is 5.33. The molecule has 0 aliphatic rings. The predicted octanol–water partition coefficient (Wildman–Crippen LogP) is 1.84. The molecule has 0 unspecified atom stereocenters. The summed E-state index contributed by atoms with van der Waals surface area (Å²) in [7, 11) is 0. The number of hydrogen-bond acceptors (Lipinski definition) is 2. The minimum absolute atomic E-state index is 0.129. The number of carbonyl (C=O) groups excluding carboxylic acids is 1. The largest absolute Gasteiger partial charge is 0.234 e. The van der Waals surface area contributed by atoms with E-state index in [1.807, 2.05) is 0 Å². The van der Waals surface area contributed by atoms with Crippen molar-refractivity contribution in [2.24, 2.45) is 4.99 Å². The first-order chi connectivity index (χ1) is 6.24. The maximum Gasteiger partial charge on any atom is 0.234 e. The summed E-state index contributed by atoms with van der Waals surface area (Å²) < 4.78 is 25.5. The molecule has 13 heavy (non-hydrogen) atoms. The van der Waals surface area contributed by atoms with Gasteiger partial charge < -0.3 is 0 Å². The van der Waals surface area contributed by atoms with Gasteiger partial charge in [-0.1, -0.05) is 0 Å². The van der Waals surface area contributed by atoms with Crippen molar-refractivity contribution in [1.29, 1.82) is 0 Å². The second-order valence-electron chi connectivity index (χ2n) is 2.46. The Morgan fingerprint density at radius 3 is 2.85 bits per heavy atom. The molecular weight excluding hydrogens is 176 g/mol. The lowest BCUT2D eigenvalue weighted by Crippen LogP contribution is -1.94. The van der Waals surface area contributed by atoms with E-state index in [9.17, 15) is 13.6 Å². The topological polar surface area (TPSA) is 29.4 Å². The molecule has 1 aromatic rings. The minimum Gasteiger partial charge on any atom is -0.211 e. The third-order valence-electron chi connectivity index (χ3n) is 1.57. The van der Waals surface area contributed by atoms with Crippen LogP contribution in [-0.4, -0.2) is 12.6 Å². The van der Waals surface area contributed by atoms with Crippen molar-refractivity contribution in [2.75, 3.05) is 6.54 Å². The monoisotopic (exact) mass is 183 g/mol. The highest BCUT2D eigenvalue weighted by Gasteiger charge is 2.02. The van der Waals surface area contributed by atoms with E-state index in [0.717, 1.165) is 18.2 Å². The number of isocyanates is 1. The van der Waals surface area contributed by atoms with Crippen LogP contribution in [0.4, 0.5) is 8.78 Å². The SMILES string of the molecule is O=C=NCCc1cc(F)ccc1F. The van der Waals surface area contributed by atoms with Gasteiger partial charge in [0.25, 0.3) is 0 Å². The summed E-state index contributed by atoms with van der Waals surface area (Å²) in [6, 6.07) is 3.19. The van der Waals surface area contributed by atoms with E-state index in [0.29, 0.717) is 0 Å². The molecule has 0 aromatic heterocycles. The van der Waals surface area contributed by atoms with Gasteiger partial charge in [0.05, 0.1) is 6.54 Å². The lowest BCUT2D eigenvalue weighted by molar-refractivity contribution is 0.561. The Morgan fingerprint density at radius 1 is 1.38 bits per heavy atom. The van der Waals surface area contributed by atoms with Gasteiger partial charge in [0.2, 0.25) is 6.08 Å². The van der Waals surface area contributed by atoms with E-state index in [-0.39, 0.29) is 18.5 Å². The summed E-state index contributed by atoms with van der Waals surface area (Å²) in [5, 5.41) is 0. The highest BCUT2D eigenvalue weighted by atomic mass is 19.1. The summed E-state index contributed by atoms with van der Waals surface area (Å²) in [4.78, 5) is 12.9. The summed E-state index contributed by atoms with van der Waals surface area (Å²) in [6.07, 6.45) is 1.54. The van der Waals surface area contributed by atoms with Crippen LogP contribution < -0.4 is 0 Å². The lowest BCUT2D eigenvalue weighted by atomic mass is 10.1. The van der Waals surface area contributed by atoms with E-state index in [1.54, 1.807) is 0 Å². The van der Waals surface area contributed by atoms with Gasteiger partial charge in [-0.2, -0.15) is 0 Å². The third kappa shape index (κ3) is 2.76. The summed E-state index contributed by atoms with van der Waals surface area (Å²) >= 11 is 0. The Labute approximate surface area is 73.9 Å². The van der Waals surface area contributed by atoms with Crippen LogP contribution in [0.2, 0.25) is 0 Å². The van der Waals surface area contributed by atoms with E-state index in [2.05, 4.69) is 4.99 Å². The lowest BCUT2D eigenvalue weighted by Gasteiger charge is -1.99. The first-order valence-corrected chi connectivity index (χ1v) is 3.71. The average molecular weight is 183 g/mol. The molecule has 0 radical (unpaired) electrons. The standard InChI is InChI=1S/C9H7F2NO/c10-8-1-2-9(11)7(5-8)3-4-12-6-13/h1-2,5H,3-4H2. The molecule has 68 valence electrons. The Bertz CT molecular complexity index is 345. The summed E-state index contributed by atoms with van der Waals surface area (Å²) in [5.41, 5.74) is 0.221. The van der Waals surface area contributed by atoms with Gasteiger partial charge in [-0.25, -0.2) is 18.6 Å². The van der Waals surface area contributed by atoms with Crippen LogP contribution in [-0.2, 0) is 11.2 Å². The van der Waals surface area contributed by atoms with Crippen molar-refractivity contribution in [3.8, 4) is 0 Å². The molecule has 0 fully saturated rings. The van der Waals surface area contributed by atoms with Crippen LogP contribution in [0.15, 0.2) is 23.2 Å². The van der Waals surface area contributed by atoms with Crippen molar-refractivity contribution >= 4 is 6.08 Å². The molecule has 1 rings (SSSR count). The molecule has 0 aliphatic carbocycles. The van der Waals surface area contributed by atoms with E-state index >= 15 is 0 Å². The fourth-order valence-electron chi connectivity index (χ4n) is 0.957. The van der Waals surface area contributed by atoms with Gasteiger partial charge in [-0.05, 0) is 30.2 Å². The molecule has 0 spiro atoms. The van der Waals surface area contributed by atoms with Crippen molar-refractivity contribution in [3.63, 3.8) is 0 Å². The molecule has 0 atom stereocenters. The first-order valence-electron chi connectivity index (χ1n) is 3.71. The predicted molar refractivity (Wildman–Crippen MR) is 43.1 cm³/mol. The second kappa shape index (κ2) is 4.48. The normalized spacial score (nSPS) is 9.38. The maximum absolute atomic E-state index is 12.9. The van der Waals surface area contributed by atoms with Gasteiger partial charge in [-0.15, -0.1) is 0 Å². The zero-order chi connectivity index (χ0) is 9.68. The number of benzene rings is 1. The van der Waals surface area contributed by atoms with Crippen LogP contribution in [0.1, 0.15) is 5.56 Å². The molecule has 0 saturated heterocycles. The molecule has 4 heteroatoms. The Morgan fingerprint density at radius 2 is 2.15 bits per heavy atom. The third-order valence-corrected chi connectivity index (χ3v) is 1.57. The van der Waals surface area contributed by atoms with Crippen molar-refractivity contribution in [1.82, 2.24) is 0 Å². The average Bonchev–Trinajstić information content (AvgIpc) is 2.11. The smallest absolute Gasteiger partial charge is 0.211 e. The first kappa shape index (κ1) is 9.55. The van der Waals surface area contributed by atoms with E-state index in [1.165, 1.54) is 6.08 Å². The quantitative estimate of drug-likeness (QED) is 0.519. The fourth-order valence-corrected chi connectivity index (χ4v) is 0.957. The Hall–Kier alpha value is -1.54. The van der Waals surface area contributed by atoms with Gasteiger partial charge in [0, 0.05) is 0 Å². The van der Waals surface area contributed by atoms with Crippen LogP contribution in [0.3, 0.4) is 0 Å². The van der Waals surface area contributed by atoms with Crippen LogP contribution >= 0.6 is 0 Å². The molecule has 0 bridgehead atoms. The van der Waals surface area contributed by atoms with Crippen molar-refractivity contribution in [3.05, 3.63) is 35.4 Å². The maximum atomic E-state index is 12.9. The van der Waals surface area contributed by atoms with E-state index in [4.69, 9.17) is 0 Å². The van der Waals surface area contributed by atoms with Gasteiger partial charge in [0.1, 0.15) is 11.6 Å². The highest BCUT2D eigenvalue weighted by Crippen LogP contribution is 2.09. The van der Waals surface area contributed by atoms with Crippen molar-refractivity contribution < 1.29 is 13.6 Å². The summed E-state index contributed by atoms with van der Waals surface area (Å²) in [5.74, 6) is -0.978. The van der Waals surface area contributed by atoms with Crippen molar-refractivity contribution in [2.45, 2.75) is 6.42 Å². The number of hydrogen-bond donors (Lipinski definition) is 0. The zero-order valence-corrected chi connectivity index (χ0v) is 6.76. The molecular formula is C9H7F2NO. The van der Waals surface area contributed by atoms with Crippen LogP contribution in [0.5, 0.6) is 0 Å². The number of halogens is 2. The second-order valence-corrected chi connectivity index (χ2v) is 2.46. The number of rotatable bonds is 3. The molecule has 0 N–H and O–H groups in total. The fraction of sp³-hybridized carbons (Fsp3) is 0.222. The number of aliphatic imine (C=N–C) groups is 1. The molecule has 0 aliphatic heterocycles. The molecule has 0 amide bonds. The molecule has 0 heterocycles. The molecule has 2 nitrogen and oxygen atoms in total.